The molecule has 4 rings (SSSR count). The van der Waals surface area contributed by atoms with Crippen molar-refractivity contribution in [3.8, 4) is 0 Å². The number of carbonyl (C=O) groups excluding carboxylic acids is 1. The van der Waals surface area contributed by atoms with Gasteiger partial charge in [-0.05, 0) is 43.4 Å². The zero-order valence-corrected chi connectivity index (χ0v) is 15.0. The van der Waals surface area contributed by atoms with Crippen LogP contribution >= 0.6 is 0 Å². The highest BCUT2D eigenvalue weighted by Crippen LogP contribution is 2.31. The van der Waals surface area contributed by atoms with Gasteiger partial charge in [-0.3, -0.25) is 4.79 Å². The Hall–Kier alpha value is -2.59. The fourth-order valence-corrected chi connectivity index (χ4v) is 3.76. The van der Waals surface area contributed by atoms with Crippen LogP contribution in [0.2, 0.25) is 0 Å². The summed E-state index contributed by atoms with van der Waals surface area (Å²) >= 11 is 0. The van der Waals surface area contributed by atoms with Crippen LogP contribution < -0.4 is 5.32 Å². The molecule has 0 fully saturated rings. The van der Waals surface area contributed by atoms with E-state index in [1.165, 1.54) is 11.1 Å². The highest BCUT2D eigenvalue weighted by molar-refractivity contribution is 5.99. The van der Waals surface area contributed by atoms with Gasteiger partial charge in [0.25, 0.3) is 5.91 Å². The number of hydrogen-bond acceptors (Lipinski definition) is 3. The maximum Gasteiger partial charge on any atom is 0.287 e. The molecule has 4 nitrogen and oxygen atoms in total. The Bertz CT molecular complexity index is 928. The van der Waals surface area contributed by atoms with E-state index in [0.29, 0.717) is 19.0 Å². The largest absolute Gasteiger partial charge is 0.451 e. The molecule has 0 radical (unpaired) electrons. The van der Waals surface area contributed by atoms with Crippen LogP contribution in [0.3, 0.4) is 0 Å². The van der Waals surface area contributed by atoms with Gasteiger partial charge in [-0.1, -0.05) is 42.5 Å². The number of benzene rings is 2. The van der Waals surface area contributed by atoms with Crippen molar-refractivity contribution >= 4 is 16.9 Å². The Morgan fingerprint density at radius 1 is 1.19 bits per heavy atom. The van der Waals surface area contributed by atoms with Crippen LogP contribution in [0.15, 0.2) is 52.9 Å². The van der Waals surface area contributed by atoms with Gasteiger partial charge in [-0.25, -0.2) is 0 Å². The minimum Gasteiger partial charge on any atom is -0.451 e. The topological polar surface area (TPSA) is 51.5 Å². The number of fused-ring (bicyclic) bond motifs is 2. The van der Waals surface area contributed by atoms with E-state index >= 15 is 0 Å². The molecule has 1 amide bonds. The first-order chi connectivity index (χ1) is 12.8. The maximum atomic E-state index is 13.0. The predicted octanol–water partition coefficient (Wildman–Crippen LogP) is 4.78. The first-order valence-corrected chi connectivity index (χ1v) is 9.24. The molecule has 0 aliphatic heterocycles. The number of carbonyl (C=O) groups is 1. The highest BCUT2D eigenvalue weighted by atomic mass is 16.5. The van der Waals surface area contributed by atoms with Crippen molar-refractivity contribution in [1.29, 1.82) is 0 Å². The van der Waals surface area contributed by atoms with Crippen LogP contribution in [0.25, 0.3) is 11.0 Å². The van der Waals surface area contributed by atoms with E-state index in [4.69, 9.17) is 9.15 Å². The van der Waals surface area contributed by atoms with Gasteiger partial charge < -0.3 is 14.5 Å². The van der Waals surface area contributed by atoms with Gasteiger partial charge in [0, 0.05) is 17.6 Å². The normalized spacial score (nSPS) is 16.4. The average molecular weight is 349 g/mol. The van der Waals surface area contributed by atoms with Crippen molar-refractivity contribution in [3.05, 3.63) is 71.0 Å². The number of furan rings is 1. The molecule has 1 aromatic heterocycles. The summed E-state index contributed by atoms with van der Waals surface area (Å²) < 4.78 is 11.5. The Labute approximate surface area is 153 Å². The maximum absolute atomic E-state index is 13.0. The van der Waals surface area contributed by atoms with E-state index in [9.17, 15) is 4.79 Å². The Balaban J connectivity index is 1.65. The van der Waals surface area contributed by atoms with Crippen LogP contribution in [-0.4, -0.2) is 12.5 Å². The molecule has 0 saturated carbocycles. The zero-order valence-electron chi connectivity index (χ0n) is 15.0. The van der Waals surface area contributed by atoms with Gasteiger partial charge in [0.2, 0.25) is 0 Å². The van der Waals surface area contributed by atoms with Crippen molar-refractivity contribution in [2.45, 2.75) is 38.8 Å². The summed E-state index contributed by atoms with van der Waals surface area (Å²) in [6, 6.07) is 16.1. The second kappa shape index (κ2) is 7.34. The molecular weight excluding hydrogens is 326 g/mol. The highest BCUT2D eigenvalue weighted by Gasteiger charge is 2.26. The number of nitrogens with one attached hydrogen (secondary N) is 1. The first-order valence-electron chi connectivity index (χ1n) is 9.24. The van der Waals surface area contributed by atoms with Gasteiger partial charge >= 0.3 is 0 Å². The molecular formula is C22H23NO3. The first kappa shape index (κ1) is 16.9. The minimum absolute atomic E-state index is 0.0283. The van der Waals surface area contributed by atoms with Crippen LogP contribution in [0.4, 0.5) is 0 Å². The molecule has 0 saturated heterocycles. The van der Waals surface area contributed by atoms with Gasteiger partial charge in [-0.15, -0.1) is 0 Å². The van der Waals surface area contributed by atoms with Crippen molar-refractivity contribution in [1.82, 2.24) is 5.32 Å². The molecule has 1 heterocycles. The Morgan fingerprint density at radius 3 is 2.88 bits per heavy atom. The third-order valence-electron chi connectivity index (χ3n) is 5.03. The number of rotatable bonds is 5. The lowest BCUT2D eigenvalue weighted by Crippen LogP contribution is -2.31. The predicted molar refractivity (Wildman–Crippen MR) is 101 cm³/mol. The summed E-state index contributed by atoms with van der Waals surface area (Å²) in [4.78, 5) is 13.0. The zero-order chi connectivity index (χ0) is 17.9. The van der Waals surface area contributed by atoms with Crippen LogP contribution in [-0.2, 0) is 17.8 Å². The lowest BCUT2D eigenvalue weighted by atomic mass is 9.87. The number of ether oxygens (including phenoxy) is 1. The van der Waals surface area contributed by atoms with E-state index in [2.05, 4.69) is 23.5 Å². The van der Waals surface area contributed by atoms with E-state index in [0.717, 1.165) is 35.8 Å². The van der Waals surface area contributed by atoms with Crippen molar-refractivity contribution in [2.75, 3.05) is 6.61 Å². The molecule has 1 aliphatic rings. The van der Waals surface area contributed by atoms with Crippen molar-refractivity contribution < 1.29 is 13.9 Å². The van der Waals surface area contributed by atoms with Crippen LogP contribution in [0.1, 0.15) is 53.1 Å². The SMILES string of the molecule is CCOCc1c(C(=O)N[C@H]2CCCc3ccccc32)oc2ccccc12. The Morgan fingerprint density at radius 2 is 2.00 bits per heavy atom. The smallest absolute Gasteiger partial charge is 0.287 e. The number of para-hydroxylation sites is 1. The minimum atomic E-state index is -0.169. The average Bonchev–Trinajstić information content (AvgIpc) is 3.05. The van der Waals surface area contributed by atoms with Crippen molar-refractivity contribution in [3.63, 3.8) is 0 Å². The van der Waals surface area contributed by atoms with Gasteiger partial charge in [-0.2, -0.15) is 0 Å². The molecule has 3 aromatic rings. The van der Waals surface area contributed by atoms with E-state index in [1.807, 2.05) is 37.3 Å². The fourth-order valence-electron chi connectivity index (χ4n) is 3.76. The number of aryl methyl sites for hydroxylation is 1. The molecule has 0 bridgehead atoms. The lowest BCUT2D eigenvalue weighted by Gasteiger charge is -2.26. The Kier molecular flexibility index (Phi) is 4.76. The third kappa shape index (κ3) is 3.13. The molecule has 26 heavy (non-hydrogen) atoms. The van der Waals surface area contributed by atoms with Crippen LogP contribution in [0, 0.1) is 0 Å². The molecule has 1 N–H and O–H groups in total. The molecule has 0 unspecified atom stereocenters. The van der Waals surface area contributed by atoms with Gasteiger partial charge in [0.05, 0.1) is 12.6 Å². The van der Waals surface area contributed by atoms with E-state index in [1.54, 1.807) is 0 Å². The molecule has 134 valence electrons. The molecule has 1 aliphatic carbocycles. The monoisotopic (exact) mass is 349 g/mol. The number of amides is 1. The molecule has 0 spiro atoms. The number of hydrogen-bond donors (Lipinski definition) is 1. The van der Waals surface area contributed by atoms with Gasteiger partial charge in [0.15, 0.2) is 5.76 Å². The summed E-state index contributed by atoms with van der Waals surface area (Å²) in [6.45, 7) is 2.91. The summed E-state index contributed by atoms with van der Waals surface area (Å²) in [5, 5.41) is 4.12. The summed E-state index contributed by atoms with van der Waals surface area (Å²) in [5.41, 5.74) is 4.08. The fraction of sp³-hybridized carbons (Fsp3) is 0.318. The second-order valence-electron chi connectivity index (χ2n) is 6.66. The third-order valence-corrected chi connectivity index (χ3v) is 5.03. The quantitative estimate of drug-likeness (QED) is 0.721. The summed E-state index contributed by atoms with van der Waals surface area (Å²) in [7, 11) is 0. The standard InChI is InChI=1S/C22H23NO3/c1-2-25-14-18-17-11-5-6-13-20(17)26-21(18)22(24)23-19-12-7-9-15-8-3-4-10-16(15)19/h3-6,8,10-11,13,19H,2,7,9,12,14H2,1H3,(H,23,24)/t19-/m0/s1. The summed E-state index contributed by atoms with van der Waals surface area (Å²) in [6.07, 6.45) is 3.10. The van der Waals surface area contributed by atoms with Crippen LogP contribution in [0.5, 0.6) is 0 Å². The molecule has 4 heteroatoms. The van der Waals surface area contributed by atoms with E-state index < -0.39 is 0 Å². The van der Waals surface area contributed by atoms with Gasteiger partial charge in [0.1, 0.15) is 5.58 Å². The molecule has 2 aromatic carbocycles. The van der Waals surface area contributed by atoms with E-state index in [-0.39, 0.29) is 11.9 Å². The lowest BCUT2D eigenvalue weighted by molar-refractivity contribution is 0.0894. The molecule has 1 atom stereocenters. The second-order valence-corrected chi connectivity index (χ2v) is 6.66. The summed E-state index contributed by atoms with van der Waals surface area (Å²) in [5.74, 6) is 0.195. The van der Waals surface area contributed by atoms with Crippen molar-refractivity contribution in [2.24, 2.45) is 0 Å².